The van der Waals surface area contributed by atoms with Gasteiger partial charge in [-0.3, -0.25) is 5.10 Å². The molecule has 2 aliphatic heterocycles. The number of fused-ring (bicyclic) bond motifs is 1. The van der Waals surface area contributed by atoms with Crippen LogP contribution >= 0.6 is 0 Å². The lowest BCUT2D eigenvalue weighted by Gasteiger charge is -2.16. The Balaban J connectivity index is 1.59. The van der Waals surface area contributed by atoms with E-state index in [0.717, 1.165) is 56.5 Å². The molecule has 0 spiro atoms. The fourth-order valence-electron chi connectivity index (χ4n) is 2.89. The Hall–Kier alpha value is -1.92. The highest BCUT2D eigenvalue weighted by Gasteiger charge is 2.16. The Kier molecular flexibility index (Phi) is 3.33. The van der Waals surface area contributed by atoms with Gasteiger partial charge in [-0.15, -0.1) is 5.10 Å². The zero-order valence-corrected chi connectivity index (χ0v) is 11.9. The highest BCUT2D eigenvalue weighted by Crippen LogP contribution is 2.25. The van der Waals surface area contributed by atoms with E-state index >= 15 is 0 Å². The molecule has 4 rings (SSSR count). The fraction of sp³-hybridized carbons (Fsp3) is 0.467. The van der Waals surface area contributed by atoms with Gasteiger partial charge in [0.05, 0.1) is 13.2 Å². The predicted octanol–water partition coefficient (Wildman–Crippen LogP) is 1.30. The van der Waals surface area contributed by atoms with Crippen LogP contribution < -0.4 is 10.2 Å². The first-order valence-electron chi connectivity index (χ1n) is 7.48. The van der Waals surface area contributed by atoms with Gasteiger partial charge in [0.15, 0.2) is 5.82 Å². The first-order chi connectivity index (χ1) is 10.4. The normalized spacial score (nSPS) is 18.6. The molecule has 6 nitrogen and oxygen atoms in total. The van der Waals surface area contributed by atoms with Crippen molar-refractivity contribution >= 4 is 5.95 Å². The van der Waals surface area contributed by atoms with Crippen molar-refractivity contribution in [3.05, 3.63) is 29.3 Å². The molecule has 2 N–H and O–H groups in total. The molecule has 3 heterocycles. The molecule has 0 aliphatic carbocycles. The third-order valence-electron chi connectivity index (χ3n) is 4.09. The van der Waals surface area contributed by atoms with Crippen molar-refractivity contribution in [2.75, 3.05) is 31.1 Å². The van der Waals surface area contributed by atoms with Crippen LogP contribution in [0.15, 0.2) is 18.2 Å². The van der Waals surface area contributed by atoms with Crippen LogP contribution in [0.1, 0.15) is 17.5 Å². The van der Waals surface area contributed by atoms with Crippen LogP contribution in [-0.4, -0.2) is 41.4 Å². The number of benzene rings is 1. The minimum atomic E-state index is 0.696. The van der Waals surface area contributed by atoms with E-state index in [2.05, 4.69) is 43.6 Å². The molecule has 110 valence electrons. The molecule has 0 unspecified atom stereocenters. The van der Waals surface area contributed by atoms with Crippen molar-refractivity contribution in [1.82, 2.24) is 20.5 Å². The van der Waals surface area contributed by atoms with Gasteiger partial charge in [0.25, 0.3) is 0 Å². The van der Waals surface area contributed by atoms with Crippen molar-refractivity contribution in [2.24, 2.45) is 0 Å². The molecule has 1 aromatic carbocycles. The Labute approximate surface area is 123 Å². The monoisotopic (exact) mass is 285 g/mol. The second-order valence-electron chi connectivity index (χ2n) is 5.55. The van der Waals surface area contributed by atoms with E-state index in [4.69, 9.17) is 4.74 Å². The van der Waals surface area contributed by atoms with Crippen molar-refractivity contribution in [1.29, 1.82) is 0 Å². The Morgan fingerprint density at radius 1 is 1.10 bits per heavy atom. The summed E-state index contributed by atoms with van der Waals surface area (Å²) in [6.07, 6.45) is 1.13. The van der Waals surface area contributed by atoms with E-state index in [1.54, 1.807) is 0 Å². The van der Waals surface area contributed by atoms with E-state index in [1.807, 2.05) is 0 Å². The number of hydrogen-bond donors (Lipinski definition) is 2. The predicted molar refractivity (Wildman–Crippen MR) is 80.0 cm³/mol. The highest BCUT2D eigenvalue weighted by molar-refractivity contribution is 5.59. The number of rotatable bonds is 2. The summed E-state index contributed by atoms with van der Waals surface area (Å²) in [7, 11) is 0. The number of nitrogens with one attached hydrogen (secondary N) is 2. The summed E-state index contributed by atoms with van der Waals surface area (Å²) >= 11 is 0. The number of aromatic nitrogens is 3. The van der Waals surface area contributed by atoms with Gasteiger partial charge in [0.1, 0.15) is 0 Å². The lowest BCUT2D eigenvalue weighted by atomic mass is 10.1. The van der Waals surface area contributed by atoms with Crippen molar-refractivity contribution < 1.29 is 4.74 Å². The van der Waals surface area contributed by atoms with Gasteiger partial charge >= 0.3 is 0 Å². The smallest absolute Gasteiger partial charge is 0.245 e. The van der Waals surface area contributed by atoms with Gasteiger partial charge in [0.2, 0.25) is 5.95 Å². The summed E-state index contributed by atoms with van der Waals surface area (Å²) in [5, 5.41) is 10.8. The SMILES string of the molecule is c1cc2c(cc1-c1nc(N3CCCNCC3)n[nH]1)COC2. The molecule has 1 fully saturated rings. The van der Waals surface area contributed by atoms with Crippen LogP contribution in [-0.2, 0) is 18.0 Å². The third kappa shape index (κ3) is 2.52. The van der Waals surface area contributed by atoms with E-state index in [9.17, 15) is 0 Å². The summed E-state index contributed by atoms with van der Waals surface area (Å²) in [5.74, 6) is 1.63. The first kappa shape index (κ1) is 12.8. The summed E-state index contributed by atoms with van der Waals surface area (Å²) in [6, 6.07) is 6.36. The maximum absolute atomic E-state index is 5.46. The molecule has 0 atom stereocenters. The highest BCUT2D eigenvalue weighted by atomic mass is 16.5. The molecular formula is C15H19N5O. The average molecular weight is 285 g/mol. The van der Waals surface area contributed by atoms with Crippen LogP contribution in [0.2, 0.25) is 0 Å². The summed E-state index contributed by atoms with van der Waals surface area (Å²) in [4.78, 5) is 6.89. The molecular weight excluding hydrogens is 266 g/mol. The zero-order valence-electron chi connectivity index (χ0n) is 11.9. The van der Waals surface area contributed by atoms with Crippen LogP contribution in [0.25, 0.3) is 11.4 Å². The standard InChI is InChI=1S/C15H19N5O/c1-4-16-5-7-20(6-1)15-17-14(18-19-15)11-2-3-12-9-21-10-13(12)8-11/h2-3,8,16H,1,4-7,9-10H2,(H,17,18,19). The molecule has 0 bridgehead atoms. The summed E-state index contributed by atoms with van der Waals surface area (Å²) in [6.45, 7) is 5.43. The van der Waals surface area contributed by atoms with Gasteiger partial charge in [-0.25, -0.2) is 0 Å². The van der Waals surface area contributed by atoms with Gasteiger partial charge in [-0.1, -0.05) is 12.1 Å². The Morgan fingerprint density at radius 2 is 2.05 bits per heavy atom. The molecule has 1 aromatic heterocycles. The minimum Gasteiger partial charge on any atom is -0.372 e. The maximum atomic E-state index is 5.46. The second kappa shape index (κ2) is 5.46. The van der Waals surface area contributed by atoms with Crippen LogP contribution in [0.5, 0.6) is 0 Å². The third-order valence-corrected chi connectivity index (χ3v) is 4.09. The molecule has 1 saturated heterocycles. The quantitative estimate of drug-likeness (QED) is 0.870. The largest absolute Gasteiger partial charge is 0.372 e. The van der Waals surface area contributed by atoms with Crippen LogP contribution in [0, 0.1) is 0 Å². The number of hydrogen-bond acceptors (Lipinski definition) is 5. The Morgan fingerprint density at radius 3 is 3.05 bits per heavy atom. The number of H-pyrrole nitrogens is 1. The molecule has 2 aromatic rings. The van der Waals surface area contributed by atoms with Crippen LogP contribution in [0.3, 0.4) is 0 Å². The van der Waals surface area contributed by atoms with E-state index in [1.165, 1.54) is 11.1 Å². The number of nitrogens with zero attached hydrogens (tertiary/aromatic N) is 3. The lowest BCUT2D eigenvalue weighted by Crippen LogP contribution is -2.28. The number of ether oxygens (including phenoxy) is 1. The average Bonchev–Trinajstić information content (AvgIpc) is 3.10. The lowest BCUT2D eigenvalue weighted by molar-refractivity contribution is 0.134. The molecule has 0 amide bonds. The van der Waals surface area contributed by atoms with Crippen molar-refractivity contribution in [3.8, 4) is 11.4 Å². The van der Waals surface area contributed by atoms with E-state index in [0.29, 0.717) is 6.61 Å². The maximum Gasteiger partial charge on any atom is 0.245 e. The number of anilines is 1. The van der Waals surface area contributed by atoms with Gasteiger partial charge in [-0.2, -0.15) is 4.98 Å². The first-order valence-corrected chi connectivity index (χ1v) is 7.48. The second-order valence-corrected chi connectivity index (χ2v) is 5.55. The molecule has 0 radical (unpaired) electrons. The molecule has 21 heavy (non-hydrogen) atoms. The zero-order chi connectivity index (χ0) is 14.1. The van der Waals surface area contributed by atoms with E-state index < -0.39 is 0 Å². The van der Waals surface area contributed by atoms with Crippen LogP contribution in [0.4, 0.5) is 5.95 Å². The number of aromatic amines is 1. The summed E-state index contributed by atoms with van der Waals surface area (Å²) in [5.41, 5.74) is 3.60. The van der Waals surface area contributed by atoms with Crippen molar-refractivity contribution in [3.63, 3.8) is 0 Å². The topological polar surface area (TPSA) is 66.1 Å². The van der Waals surface area contributed by atoms with E-state index in [-0.39, 0.29) is 0 Å². The fourth-order valence-corrected chi connectivity index (χ4v) is 2.89. The van der Waals surface area contributed by atoms with Gasteiger partial charge < -0.3 is 15.0 Å². The molecule has 6 heteroatoms. The molecule has 2 aliphatic rings. The minimum absolute atomic E-state index is 0.696. The van der Waals surface area contributed by atoms with Gasteiger partial charge in [-0.05, 0) is 30.2 Å². The molecule has 0 saturated carbocycles. The summed E-state index contributed by atoms with van der Waals surface area (Å²) < 4.78 is 5.46. The van der Waals surface area contributed by atoms with Crippen molar-refractivity contribution in [2.45, 2.75) is 19.6 Å². The van der Waals surface area contributed by atoms with Gasteiger partial charge in [0, 0.05) is 25.2 Å². The Bertz CT molecular complexity index is 631.